The molecule has 1 aliphatic rings. The third kappa shape index (κ3) is 6.41. The summed E-state index contributed by atoms with van der Waals surface area (Å²) in [6.45, 7) is 6.89. The Balaban J connectivity index is 1.87. The van der Waals surface area contributed by atoms with Crippen molar-refractivity contribution in [3.8, 4) is 11.5 Å². The molecule has 0 atom stereocenters. The van der Waals surface area contributed by atoms with Crippen LogP contribution in [0.3, 0.4) is 0 Å². The molecule has 1 fully saturated rings. The van der Waals surface area contributed by atoms with Crippen molar-refractivity contribution >= 4 is 5.96 Å². The Kier molecular flexibility index (Phi) is 8.54. The van der Waals surface area contributed by atoms with E-state index in [2.05, 4.69) is 29.5 Å². The van der Waals surface area contributed by atoms with E-state index in [1.54, 1.807) is 14.2 Å². The number of nitrogens with one attached hydrogen (secondary N) is 2. The Bertz CT molecular complexity index is 569. The summed E-state index contributed by atoms with van der Waals surface area (Å²) in [7, 11) is 5.54. The van der Waals surface area contributed by atoms with E-state index in [1.807, 2.05) is 18.2 Å². The van der Waals surface area contributed by atoms with E-state index in [0.717, 1.165) is 42.0 Å². The lowest BCUT2D eigenvalue weighted by Crippen LogP contribution is -2.39. The SMILES string of the molecule is CCNC(=NCc1ccc(OC)cc1OC)NCCC1CCN(C)CC1. The van der Waals surface area contributed by atoms with Crippen LogP contribution in [0.4, 0.5) is 0 Å². The Hall–Kier alpha value is -1.95. The van der Waals surface area contributed by atoms with E-state index in [-0.39, 0.29) is 0 Å². The smallest absolute Gasteiger partial charge is 0.191 e. The molecule has 0 aromatic heterocycles. The first-order valence-corrected chi connectivity index (χ1v) is 9.57. The van der Waals surface area contributed by atoms with Crippen LogP contribution in [0, 0.1) is 5.92 Å². The quantitative estimate of drug-likeness (QED) is 0.550. The summed E-state index contributed by atoms with van der Waals surface area (Å²) >= 11 is 0. The molecule has 146 valence electrons. The van der Waals surface area contributed by atoms with Gasteiger partial charge < -0.3 is 25.0 Å². The lowest BCUT2D eigenvalue weighted by Gasteiger charge is -2.29. The number of likely N-dealkylation sites (tertiary alicyclic amines) is 1. The summed E-state index contributed by atoms with van der Waals surface area (Å²) < 4.78 is 10.7. The van der Waals surface area contributed by atoms with Gasteiger partial charge in [-0.25, -0.2) is 4.99 Å². The van der Waals surface area contributed by atoms with Gasteiger partial charge in [0.15, 0.2) is 5.96 Å². The molecule has 0 bridgehead atoms. The summed E-state index contributed by atoms with van der Waals surface area (Å²) in [5.41, 5.74) is 1.04. The van der Waals surface area contributed by atoms with Crippen LogP contribution in [0.2, 0.25) is 0 Å². The summed E-state index contributed by atoms with van der Waals surface area (Å²) in [5, 5.41) is 6.79. The van der Waals surface area contributed by atoms with Crippen LogP contribution in [-0.2, 0) is 6.54 Å². The minimum Gasteiger partial charge on any atom is -0.497 e. The first-order valence-electron chi connectivity index (χ1n) is 9.57. The minimum atomic E-state index is 0.566. The first kappa shape index (κ1) is 20.4. The Labute approximate surface area is 158 Å². The first-order chi connectivity index (χ1) is 12.7. The van der Waals surface area contributed by atoms with Crippen molar-refractivity contribution in [2.24, 2.45) is 10.9 Å². The van der Waals surface area contributed by atoms with E-state index in [0.29, 0.717) is 6.54 Å². The highest BCUT2D eigenvalue weighted by Gasteiger charge is 2.16. The molecular formula is C20H34N4O2. The summed E-state index contributed by atoms with van der Waals surface area (Å²) in [6.07, 6.45) is 3.80. The van der Waals surface area contributed by atoms with Crippen molar-refractivity contribution in [1.82, 2.24) is 15.5 Å². The van der Waals surface area contributed by atoms with Gasteiger partial charge in [-0.2, -0.15) is 0 Å². The van der Waals surface area contributed by atoms with E-state index in [1.165, 1.54) is 32.4 Å². The topological polar surface area (TPSA) is 58.1 Å². The third-order valence-electron chi connectivity index (χ3n) is 4.93. The van der Waals surface area contributed by atoms with Gasteiger partial charge in [-0.3, -0.25) is 0 Å². The van der Waals surface area contributed by atoms with Gasteiger partial charge in [0.1, 0.15) is 11.5 Å². The van der Waals surface area contributed by atoms with Gasteiger partial charge >= 0.3 is 0 Å². The van der Waals surface area contributed by atoms with Gasteiger partial charge in [-0.1, -0.05) is 0 Å². The molecule has 1 heterocycles. The van der Waals surface area contributed by atoms with Crippen LogP contribution < -0.4 is 20.1 Å². The van der Waals surface area contributed by atoms with E-state index < -0.39 is 0 Å². The Morgan fingerprint density at radius 2 is 1.96 bits per heavy atom. The summed E-state index contributed by atoms with van der Waals surface area (Å²) in [6, 6.07) is 5.84. The second-order valence-corrected chi connectivity index (χ2v) is 6.84. The molecule has 6 nitrogen and oxygen atoms in total. The molecule has 0 spiro atoms. The number of aliphatic imine (C=N–C) groups is 1. The maximum atomic E-state index is 5.46. The largest absolute Gasteiger partial charge is 0.497 e. The van der Waals surface area contributed by atoms with Crippen LogP contribution >= 0.6 is 0 Å². The molecule has 1 aromatic rings. The Morgan fingerprint density at radius 1 is 1.19 bits per heavy atom. The molecule has 0 saturated carbocycles. The molecule has 0 radical (unpaired) electrons. The van der Waals surface area contributed by atoms with E-state index in [9.17, 15) is 0 Å². The number of guanidine groups is 1. The molecule has 1 saturated heterocycles. The van der Waals surface area contributed by atoms with E-state index >= 15 is 0 Å². The average molecular weight is 363 g/mol. The second kappa shape index (κ2) is 10.9. The maximum absolute atomic E-state index is 5.46. The van der Waals surface area contributed by atoms with Crippen molar-refractivity contribution in [1.29, 1.82) is 0 Å². The molecule has 0 unspecified atom stereocenters. The molecule has 6 heteroatoms. The van der Waals surface area contributed by atoms with Crippen LogP contribution in [0.1, 0.15) is 31.7 Å². The molecule has 2 N–H and O–H groups in total. The normalized spacial score (nSPS) is 16.4. The van der Waals surface area contributed by atoms with Gasteiger partial charge in [-0.05, 0) is 64.4 Å². The molecular weight excluding hydrogens is 328 g/mol. The van der Waals surface area contributed by atoms with Crippen LogP contribution in [0.5, 0.6) is 11.5 Å². The zero-order valence-corrected chi connectivity index (χ0v) is 16.7. The van der Waals surface area contributed by atoms with Gasteiger partial charge in [0.25, 0.3) is 0 Å². The molecule has 2 rings (SSSR count). The highest BCUT2D eigenvalue weighted by atomic mass is 16.5. The third-order valence-corrected chi connectivity index (χ3v) is 4.93. The lowest BCUT2D eigenvalue weighted by molar-refractivity contribution is 0.213. The van der Waals surface area contributed by atoms with Crippen molar-refractivity contribution < 1.29 is 9.47 Å². The predicted molar refractivity (Wildman–Crippen MR) is 107 cm³/mol. The van der Waals surface area contributed by atoms with Gasteiger partial charge in [0.05, 0.1) is 20.8 Å². The van der Waals surface area contributed by atoms with Crippen molar-refractivity contribution in [3.63, 3.8) is 0 Å². The standard InChI is InChI=1S/C20H34N4O2/c1-5-21-20(22-11-8-16-9-12-24(2)13-10-16)23-15-17-6-7-18(25-3)14-19(17)26-4/h6-7,14,16H,5,8-13,15H2,1-4H3,(H2,21,22,23). The summed E-state index contributed by atoms with van der Waals surface area (Å²) in [4.78, 5) is 7.12. The predicted octanol–water partition coefficient (Wildman–Crippen LogP) is 2.49. The molecule has 1 aliphatic heterocycles. The number of benzene rings is 1. The highest BCUT2D eigenvalue weighted by Crippen LogP contribution is 2.25. The molecule has 26 heavy (non-hydrogen) atoms. The zero-order valence-electron chi connectivity index (χ0n) is 16.7. The maximum Gasteiger partial charge on any atom is 0.191 e. The fourth-order valence-electron chi connectivity index (χ4n) is 3.23. The number of piperidine rings is 1. The Morgan fingerprint density at radius 3 is 2.62 bits per heavy atom. The highest BCUT2D eigenvalue weighted by molar-refractivity contribution is 5.79. The fourth-order valence-corrected chi connectivity index (χ4v) is 3.23. The monoisotopic (exact) mass is 362 g/mol. The second-order valence-electron chi connectivity index (χ2n) is 6.84. The van der Waals surface area contributed by atoms with Crippen molar-refractivity contribution in [2.45, 2.75) is 32.7 Å². The minimum absolute atomic E-state index is 0.566. The fraction of sp³-hybridized carbons (Fsp3) is 0.650. The zero-order chi connectivity index (χ0) is 18.8. The number of rotatable bonds is 8. The molecule has 0 amide bonds. The van der Waals surface area contributed by atoms with Crippen LogP contribution in [0.25, 0.3) is 0 Å². The van der Waals surface area contributed by atoms with Crippen molar-refractivity contribution in [3.05, 3.63) is 23.8 Å². The number of ether oxygens (including phenoxy) is 2. The number of nitrogens with zero attached hydrogens (tertiary/aromatic N) is 2. The van der Waals surface area contributed by atoms with Gasteiger partial charge in [0.2, 0.25) is 0 Å². The van der Waals surface area contributed by atoms with Gasteiger partial charge in [-0.15, -0.1) is 0 Å². The number of hydrogen-bond acceptors (Lipinski definition) is 4. The molecule has 0 aliphatic carbocycles. The number of methoxy groups -OCH3 is 2. The molecule has 1 aromatic carbocycles. The van der Waals surface area contributed by atoms with Gasteiger partial charge in [0, 0.05) is 24.7 Å². The van der Waals surface area contributed by atoms with Crippen LogP contribution in [-0.4, -0.2) is 58.3 Å². The van der Waals surface area contributed by atoms with Crippen LogP contribution in [0.15, 0.2) is 23.2 Å². The summed E-state index contributed by atoms with van der Waals surface area (Å²) in [5.74, 6) is 3.27. The van der Waals surface area contributed by atoms with E-state index in [4.69, 9.17) is 14.5 Å². The number of hydrogen-bond donors (Lipinski definition) is 2. The van der Waals surface area contributed by atoms with Crippen molar-refractivity contribution in [2.75, 3.05) is 47.4 Å². The average Bonchev–Trinajstić information content (AvgIpc) is 2.67. The lowest BCUT2D eigenvalue weighted by atomic mass is 9.94.